The number of likely N-dealkylation sites (tertiary alicyclic amines) is 1. The second-order valence-electron chi connectivity index (χ2n) is 5.29. The van der Waals surface area contributed by atoms with Crippen molar-refractivity contribution < 1.29 is 27.4 Å². The quantitative estimate of drug-likeness (QED) is 0.856. The van der Waals surface area contributed by atoms with Gasteiger partial charge in [0.15, 0.2) is 0 Å². The van der Waals surface area contributed by atoms with Gasteiger partial charge in [-0.25, -0.2) is 0 Å². The molecule has 7 heteroatoms. The lowest BCUT2D eigenvalue weighted by molar-refractivity contribution is -0.274. The van der Waals surface area contributed by atoms with Gasteiger partial charge in [0, 0.05) is 25.8 Å². The van der Waals surface area contributed by atoms with E-state index in [1.54, 1.807) is 12.0 Å². The van der Waals surface area contributed by atoms with Crippen molar-refractivity contribution in [3.8, 4) is 5.75 Å². The van der Waals surface area contributed by atoms with Gasteiger partial charge in [-0.2, -0.15) is 0 Å². The molecule has 1 amide bonds. The van der Waals surface area contributed by atoms with Crippen molar-refractivity contribution in [1.29, 1.82) is 0 Å². The Kier molecular flexibility index (Phi) is 5.28. The molecule has 1 aliphatic rings. The van der Waals surface area contributed by atoms with Crippen LogP contribution in [0.25, 0.3) is 0 Å². The number of amides is 1. The lowest BCUT2D eigenvalue weighted by Crippen LogP contribution is -2.41. The number of nitrogens with zero attached hydrogens (tertiary/aromatic N) is 1. The van der Waals surface area contributed by atoms with Crippen molar-refractivity contribution in [2.45, 2.75) is 19.2 Å². The van der Waals surface area contributed by atoms with Crippen molar-refractivity contribution in [2.75, 3.05) is 26.8 Å². The number of hydrogen-bond donors (Lipinski definition) is 0. The summed E-state index contributed by atoms with van der Waals surface area (Å²) in [5.41, 5.74) is 0.354. The Morgan fingerprint density at radius 2 is 2.00 bits per heavy atom. The third kappa shape index (κ3) is 4.62. The van der Waals surface area contributed by atoms with Crippen LogP contribution in [-0.2, 0) is 4.74 Å². The molecule has 2 rings (SSSR count). The molecule has 1 aliphatic heterocycles. The summed E-state index contributed by atoms with van der Waals surface area (Å²) in [4.78, 5) is 14.1. The van der Waals surface area contributed by atoms with E-state index in [4.69, 9.17) is 4.74 Å². The minimum absolute atomic E-state index is 0.181. The SMILES string of the molecule is COCC1CCCN(C(=O)c2ccc(OC(F)(F)F)cc2)C1. The molecular weight excluding hydrogens is 299 g/mol. The minimum atomic E-state index is -4.73. The fourth-order valence-electron chi connectivity index (χ4n) is 2.60. The number of alkyl halides is 3. The van der Waals surface area contributed by atoms with E-state index >= 15 is 0 Å². The van der Waals surface area contributed by atoms with Gasteiger partial charge in [0.1, 0.15) is 5.75 Å². The van der Waals surface area contributed by atoms with Crippen LogP contribution in [-0.4, -0.2) is 44.0 Å². The number of hydrogen-bond acceptors (Lipinski definition) is 3. The first-order valence-corrected chi connectivity index (χ1v) is 7.03. The average molecular weight is 317 g/mol. The maximum Gasteiger partial charge on any atom is 0.573 e. The van der Waals surface area contributed by atoms with Crippen LogP contribution in [0, 0.1) is 5.92 Å². The normalized spacial score (nSPS) is 19.1. The van der Waals surface area contributed by atoms with Crippen LogP contribution in [0.3, 0.4) is 0 Å². The summed E-state index contributed by atoms with van der Waals surface area (Å²) in [6.07, 6.45) is -2.82. The molecule has 1 saturated heterocycles. The van der Waals surface area contributed by atoms with E-state index in [2.05, 4.69) is 4.74 Å². The summed E-state index contributed by atoms with van der Waals surface area (Å²) in [5.74, 6) is -0.213. The summed E-state index contributed by atoms with van der Waals surface area (Å²) in [6.45, 7) is 1.86. The van der Waals surface area contributed by atoms with Crippen LogP contribution in [0.15, 0.2) is 24.3 Å². The Balaban J connectivity index is 2.00. The number of carbonyl (C=O) groups excluding carboxylic acids is 1. The Labute approximate surface area is 126 Å². The van der Waals surface area contributed by atoms with Crippen LogP contribution in [0.4, 0.5) is 13.2 Å². The number of ether oxygens (including phenoxy) is 2. The van der Waals surface area contributed by atoms with Gasteiger partial charge >= 0.3 is 6.36 Å². The van der Waals surface area contributed by atoms with E-state index in [9.17, 15) is 18.0 Å². The third-order valence-electron chi connectivity index (χ3n) is 3.54. The molecule has 1 fully saturated rings. The highest BCUT2D eigenvalue weighted by Crippen LogP contribution is 2.24. The molecule has 0 bridgehead atoms. The highest BCUT2D eigenvalue weighted by Gasteiger charge is 2.31. The highest BCUT2D eigenvalue weighted by atomic mass is 19.4. The van der Waals surface area contributed by atoms with Gasteiger partial charge in [-0.3, -0.25) is 4.79 Å². The first kappa shape index (κ1) is 16.6. The molecule has 1 aromatic rings. The first-order chi connectivity index (χ1) is 10.4. The predicted molar refractivity (Wildman–Crippen MR) is 73.6 cm³/mol. The zero-order valence-corrected chi connectivity index (χ0v) is 12.2. The topological polar surface area (TPSA) is 38.8 Å². The molecule has 1 unspecified atom stereocenters. The summed E-state index contributed by atoms with van der Waals surface area (Å²) < 4.78 is 45.2. The predicted octanol–water partition coefficient (Wildman–Crippen LogP) is 3.08. The number of benzene rings is 1. The van der Waals surface area contributed by atoms with E-state index in [1.807, 2.05) is 0 Å². The molecule has 0 saturated carbocycles. The molecular formula is C15H18F3NO3. The monoisotopic (exact) mass is 317 g/mol. The summed E-state index contributed by atoms with van der Waals surface area (Å²) in [5, 5.41) is 0. The molecule has 122 valence electrons. The van der Waals surface area contributed by atoms with Gasteiger partial charge in [-0.1, -0.05) is 0 Å². The number of rotatable bonds is 4. The maximum atomic E-state index is 12.4. The molecule has 0 radical (unpaired) electrons. The van der Waals surface area contributed by atoms with Crippen LogP contribution < -0.4 is 4.74 Å². The summed E-state index contributed by atoms with van der Waals surface area (Å²) in [7, 11) is 1.63. The summed E-state index contributed by atoms with van der Waals surface area (Å²) >= 11 is 0. The van der Waals surface area contributed by atoms with Gasteiger partial charge in [-0.15, -0.1) is 13.2 Å². The number of carbonyl (C=O) groups is 1. The molecule has 1 heterocycles. The van der Waals surface area contributed by atoms with Gasteiger partial charge in [0.25, 0.3) is 5.91 Å². The third-order valence-corrected chi connectivity index (χ3v) is 3.54. The number of piperidine rings is 1. The number of halogens is 3. The van der Waals surface area contributed by atoms with Crippen LogP contribution in [0.5, 0.6) is 5.75 Å². The van der Waals surface area contributed by atoms with Crippen molar-refractivity contribution >= 4 is 5.91 Å². The van der Waals surface area contributed by atoms with Crippen molar-refractivity contribution in [2.24, 2.45) is 5.92 Å². The maximum absolute atomic E-state index is 12.4. The Bertz CT molecular complexity index is 500. The molecule has 4 nitrogen and oxygen atoms in total. The largest absolute Gasteiger partial charge is 0.573 e. The Hall–Kier alpha value is -1.76. The van der Waals surface area contributed by atoms with E-state index < -0.39 is 6.36 Å². The smallest absolute Gasteiger partial charge is 0.406 e. The zero-order valence-electron chi connectivity index (χ0n) is 12.2. The van der Waals surface area contributed by atoms with Gasteiger partial charge in [-0.05, 0) is 43.0 Å². The van der Waals surface area contributed by atoms with Crippen molar-refractivity contribution in [1.82, 2.24) is 4.90 Å². The van der Waals surface area contributed by atoms with Gasteiger partial charge in [0.05, 0.1) is 6.61 Å². The lowest BCUT2D eigenvalue weighted by atomic mass is 9.98. The van der Waals surface area contributed by atoms with E-state index in [-0.39, 0.29) is 11.7 Å². The second-order valence-corrected chi connectivity index (χ2v) is 5.29. The van der Waals surface area contributed by atoms with Gasteiger partial charge < -0.3 is 14.4 Å². The fraction of sp³-hybridized carbons (Fsp3) is 0.533. The minimum Gasteiger partial charge on any atom is -0.406 e. The van der Waals surface area contributed by atoms with Crippen LogP contribution in [0.1, 0.15) is 23.2 Å². The zero-order chi connectivity index (χ0) is 16.2. The molecule has 1 aromatic carbocycles. The standard InChI is InChI=1S/C15H18F3NO3/c1-21-10-11-3-2-8-19(9-11)14(20)12-4-6-13(7-5-12)22-15(16,17)18/h4-7,11H,2-3,8-10H2,1H3. The van der Waals surface area contributed by atoms with Crippen LogP contribution in [0.2, 0.25) is 0 Å². The van der Waals surface area contributed by atoms with Crippen molar-refractivity contribution in [3.05, 3.63) is 29.8 Å². The van der Waals surface area contributed by atoms with Crippen molar-refractivity contribution in [3.63, 3.8) is 0 Å². The molecule has 1 atom stereocenters. The average Bonchev–Trinajstić information content (AvgIpc) is 2.46. The Morgan fingerprint density at radius 3 is 2.59 bits per heavy atom. The highest BCUT2D eigenvalue weighted by molar-refractivity contribution is 5.94. The van der Waals surface area contributed by atoms with E-state index in [1.165, 1.54) is 12.1 Å². The molecule has 0 aromatic heterocycles. The molecule has 0 spiro atoms. The Morgan fingerprint density at radius 1 is 1.32 bits per heavy atom. The van der Waals surface area contributed by atoms with Crippen LogP contribution >= 0.6 is 0 Å². The molecule has 22 heavy (non-hydrogen) atoms. The molecule has 0 aliphatic carbocycles. The summed E-state index contributed by atoms with van der Waals surface area (Å²) in [6, 6.07) is 5.00. The van der Waals surface area contributed by atoms with E-state index in [0.717, 1.165) is 25.0 Å². The molecule has 0 N–H and O–H groups in total. The number of methoxy groups -OCH3 is 1. The lowest BCUT2D eigenvalue weighted by Gasteiger charge is -2.32. The fourth-order valence-corrected chi connectivity index (χ4v) is 2.60. The second kappa shape index (κ2) is 7.00. The van der Waals surface area contributed by atoms with E-state index in [0.29, 0.717) is 31.2 Å². The first-order valence-electron chi connectivity index (χ1n) is 7.03. The van der Waals surface area contributed by atoms with Gasteiger partial charge in [0.2, 0.25) is 0 Å².